The van der Waals surface area contributed by atoms with E-state index in [1.807, 2.05) is 41.8 Å². The molecule has 0 radical (unpaired) electrons. The number of halogens is 1. The van der Waals surface area contributed by atoms with Gasteiger partial charge in [-0.25, -0.2) is 4.98 Å². The third-order valence-electron chi connectivity index (χ3n) is 3.23. The molecule has 0 atom stereocenters. The van der Waals surface area contributed by atoms with Gasteiger partial charge >= 0.3 is 0 Å². The maximum Gasteiger partial charge on any atom is 0.139 e. The van der Waals surface area contributed by atoms with Crippen molar-refractivity contribution in [1.82, 2.24) is 9.38 Å². The molecule has 0 unspecified atom stereocenters. The Bertz CT molecular complexity index is 774. The van der Waals surface area contributed by atoms with Gasteiger partial charge in [-0.3, -0.25) is 4.40 Å². The lowest BCUT2D eigenvalue weighted by Crippen LogP contribution is -1.94. The van der Waals surface area contributed by atoms with Crippen LogP contribution in [0, 0.1) is 13.8 Å². The zero-order valence-electron chi connectivity index (χ0n) is 10.8. The number of nitrogens with zero attached hydrogens (tertiary/aromatic N) is 2. The zero-order chi connectivity index (χ0) is 13.6. The minimum atomic E-state index is 0.681. The minimum absolute atomic E-state index is 0.681. The van der Waals surface area contributed by atoms with E-state index in [1.165, 1.54) is 5.56 Å². The Morgan fingerprint density at radius 1 is 1.16 bits per heavy atom. The van der Waals surface area contributed by atoms with Gasteiger partial charge in [0.1, 0.15) is 17.2 Å². The van der Waals surface area contributed by atoms with Gasteiger partial charge in [0.2, 0.25) is 0 Å². The number of anilines is 1. The molecular formula is C15H14BrN3. The quantitative estimate of drug-likeness (QED) is 0.738. The van der Waals surface area contributed by atoms with Crippen molar-refractivity contribution in [2.75, 3.05) is 5.73 Å². The Hall–Kier alpha value is -1.81. The minimum Gasteiger partial charge on any atom is -0.383 e. The number of hydrogen-bond donors (Lipinski definition) is 1. The van der Waals surface area contributed by atoms with E-state index in [2.05, 4.69) is 33.9 Å². The summed E-state index contributed by atoms with van der Waals surface area (Å²) in [5.74, 6) is 0.681. The first-order valence-electron chi connectivity index (χ1n) is 6.07. The molecule has 0 aliphatic heterocycles. The van der Waals surface area contributed by atoms with E-state index < -0.39 is 0 Å². The SMILES string of the molecule is Cc1ccc2nc(-c3ccc(Br)c(C)c3)c(N)n2c1. The highest BCUT2D eigenvalue weighted by molar-refractivity contribution is 9.10. The van der Waals surface area contributed by atoms with Crippen LogP contribution in [0.5, 0.6) is 0 Å². The van der Waals surface area contributed by atoms with Crippen LogP contribution in [0.15, 0.2) is 41.0 Å². The third-order valence-corrected chi connectivity index (χ3v) is 4.12. The molecule has 0 aliphatic rings. The first-order chi connectivity index (χ1) is 9.06. The lowest BCUT2D eigenvalue weighted by Gasteiger charge is -2.03. The fraction of sp³-hybridized carbons (Fsp3) is 0.133. The molecular weight excluding hydrogens is 302 g/mol. The summed E-state index contributed by atoms with van der Waals surface area (Å²) in [5.41, 5.74) is 11.3. The lowest BCUT2D eigenvalue weighted by atomic mass is 10.1. The Morgan fingerprint density at radius 2 is 1.95 bits per heavy atom. The van der Waals surface area contributed by atoms with Crippen molar-refractivity contribution in [2.45, 2.75) is 13.8 Å². The van der Waals surface area contributed by atoms with Crippen LogP contribution >= 0.6 is 15.9 Å². The van der Waals surface area contributed by atoms with Crippen LogP contribution in [0.1, 0.15) is 11.1 Å². The first-order valence-corrected chi connectivity index (χ1v) is 6.86. The molecule has 3 nitrogen and oxygen atoms in total. The van der Waals surface area contributed by atoms with Gasteiger partial charge in [-0.05, 0) is 43.2 Å². The van der Waals surface area contributed by atoms with Crippen molar-refractivity contribution < 1.29 is 0 Å². The normalized spacial score (nSPS) is 11.1. The van der Waals surface area contributed by atoms with Gasteiger partial charge < -0.3 is 5.73 Å². The molecule has 0 spiro atoms. The van der Waals surface area contributed by atoms with Crippen molar-refractivity contribution in [3.8, 4) is 11.3 Å². The van der Waals surface area contributed by atoms with Gasteiger partial charge in [0.05, 0.1) is 0 Å². The van der Waals surface area contributed by atoms with E-state index >= 15 is 0 Å². The Morgan fingerprint density at radius 3 is 2.68 bits per heavy atom. The highest BCUT2D eigenvalue weighted by atomic mass is 79.9. The summed E-state index contributed by atoms with van der Waals surface area (Å²) in [5, 5.41) is 0. The van der Waals surface area contributed by atoms with Crippen molar-refractivity contribution in [2.24, 2.45) is 0 Å². The summed E-state index contributed by atoms with van der Waals surface area (Å²) in [6.07, 6.45) is 2.01. The maximum atomic E-state index is 6.22. The molecule has 0 saturated heterocycles. The van der Waals surface area contributed by atoms with Gasteiger partial charge in [-0.1, -0.05) is 28.1 Å². The number of pyridine rings is 1. The Labute approximate surface area is 120 Å². The summed E-state index contributed by atoms with van der Waals surface area (Å²) >= 11 is 3.51. The lowest BCUT2D eigenvalue weighted by molar-refractivity contribution is 1.16. The molecule has 1 aromatic carbocycles. The second kappa shape index (κ2) is 4.38. The molecule has 0 saturated carbocycles. The molecule has 0 aliphatic carbocycles. The average Bonchev–Trinajstić information content (AvgIpc) is 2.70. The molecule has 4 heteroatoms. The van der Waals surface area contributed by atoms with Gasteiger partial charge in [0.15, 0.2) is 0 Å². The van der Waals surface area contributed by atoms with Gasteiger partial charge in [0, 0.05) is 16.2 Å². The number of fused-ring (bicyclic) bond motifs is 1. The summed E-state index contributed by atoms with van der Waals surface area (Å²) in [7, 11) is 0. The van der Waals surface area contributed by atoms with Crippen LogP contribution in [-0.2, 0) is 0 Å². The second-order valence-corrected chi connectivity index (χ2v) is 5.60. The van der Waals surface area contributed by atoms with Crippen molar-refractivity contribution in [3.63, 3.8) is 0 Å². The molecule has 19 heavy (non-hydrogen) atoms. The molecule has 2 aromatic heterocycles. The maximum absolute atomic E-state index is 6.22. The van der Waals surface area contributed by atoms with E-state index in [0.717, 1.165) is 26.9 Å². The number of nitrogen functional groups attached to an aromatic ring is 1. The highest BCUT2D eigenvalue weighted by Crippen LogP contribution is 2.29. The summed E-state index contributed by atoms with van der Waals surface area (Å²) in [6.45, 7) is 4.10. The van der Waals surface area contributed by atoms with Crippen molar-refractivity contribution >= 4 is 27.4 Å². The fourth-order valence-electron chi connectivity index (χ4n) is 2.17. The molecule has 96 valence electrons. The number of rotatable bonds is 1. The molecule has 3 aromatic rings. The van der Waals surface area contributed by atoms with Crippen LogP contribution in [0.25, 0.3) is 16.9 Å². The predicted octanol–water partition coefficient (Wildman–Crippen LogP) is 3.96. The predicted molar refractivity (Wildman–Crippen MR) is 82.2 cm³/mol. The highest BCUT2D eigenvalue weighted by Gasteiger charge is 2.11. The van der Waals surface area contributed by atoms with E-state index in [4.69, 9.17) is 5.73 Å². The Kier molecular flexibility index (Phi) is 2.82. The van der Waals surface area contributed by atoms with Crippen LogP contribution in [0.3, 0.4) is 0 Å². The fourth-order valence-corrected chi connectivity index (χ4v) is 2.42. The topological polar surface area (TPSA) is 43.3 Å². The first kappa shape index (κ1) is 12.2. The van der Waals surface area contributed by atoms with Gasteiger partial charge in [-0.15, -0.1) is 0 Å². The zero-order valence-corrected chi connectivity index (χ0v) is 12.4. The molecule has 0 amide bonds. The molecule has 0 bridgehead atoms. The number of benzene rings is 1. The van der Waals surface area contributed by atoms with Crippen LogP contribution in [-0.4, -0.2) is 9.38 Å². The molecule has 2 N–H and O–H groups in total. The van der Waals surface area contributed by atoms with Gasteiger partial charge in [0.25, 0.3) is 0 Å². The molecule has 2 heterocycles. The number of aryl methyl sites for hydroxylation is 2. The van der Waals surface area contributed by atoms with Crippen LogP contribution in [0.4, 0.5) is 5.82 Å². The monoisotopic (exact) mass is 315 g/mol. The molecule has 0 fully saturated rings. The van der Waals surface area contributed by atoms with E-state index in [0.29, 0.717) is 5.82 Å². The largest absolute Gasteiger partial charge is 0.383 e. The number of hydrogen-bond acceptors (Lipinski definition) is 2. The van der Waals surface area contributed by atoms with Crippen molar-refractivity contribution in [1.29, 1.82) is 0 Å². The summed E-state index contributed by atoms with van der Waals surface area (Å²) in [6, 6.07) is 10.2. The standard InChI is InChI=1S/C15H14BrN3/c1-9-3-6-13-18-14(15(17)19(13)8-9)11-4-5-12(16)10(2)7-11/h3-8H,17H2,1-2H3. The van der Waals surface area contributed by atoms with E-state index in [1.54, 1.807) is 0 Å². The summed E-state index contributed by atoms with van der Waals surface area (Å²) in [4.78, 5) is 4.62. The number of aromatic nitrogens is 2. The van der Waals surface area contributed by atoms with Crippen molar-refractivity contribution in [3.05, 3.63) is 52.1 Å². The number of nitrogens with two attached hydrogens (primary N) is 1. The van der Waals surface area contributed by atoms with E-state index in [-0.39, 0.29) is 0 Å². The number of imidazole rings is 1. The smallest absolute Gasteiger partial charge is 0.139 e. The molecule has 3 rings (SSSR count). The van der Waals surface area contributed by atoms with Crippen LogP contribution in [0.2, 0.25) is 0 Å². The van der Waals surface area contributed by atoms with Crippen LogP contribution < -0.4 is 5.73 Å². The summed E-state index contributed by atoms with van der Waals surface area (Å²) < 4.78 is 3.02. The average molecular weight is 316 g/mol. The van der Waals surface area contributed by atoms with E-state index in [9.17, 15) is 0 Å². The van der Waals surface area contributed by atoms with Gasteiger partial charge in [-0.2, -0.15) is 0 Å². The third kappa shape index (κ3) is 2.02. The Balaban J connectivity index is 2.24. The second-order valence-electron chi connectivity index (χ2n) is 4.74.